The van der Waals surface area contributed by atoms with Crippen molar-refractivity contribution >= 4 is 29.3 Å². The van der Waals surface area contributed by atoms with Crippen molar-refractivity contribution in [3.63, 3.8) is 0 Å². The van der Waals surface area contributed by atoms with Gasteiger partial charge >= 0.3 is 0 Å². The molecule has 8 heteroatoms. The number of hydrogen-bond acceptors (Lipinski definition) is 5. The molecule has 0 unspecified atom stereocenters. The fourth-order valence-electron chi connectivity index (χ4n) is 3.50. The highest BCUT2D eigenvalue weighted by atomic mass is 35.5. The average Bonchev–Trinajstić information content (AvgIpc) is 3.10. The zero-order valence-corrected chi connectivity index (χ0v) is 17.9. The van der Waals surface area contributed by atoms with Crippen molar-refractivity contribution in [2.75, 3.05) is 19.5 Å². The molecule has 28 heavy (non-hydrogen) atoms. The van der Waals surface area contributed by atoms with Gasteiger partial charge in [0.05, 0.1) is 18.9 Å². The molecule has 1 heterocycles. The number of nitrogens with zero attached hydrogens (tertiary/aromatic N) is 3. The number of rotatable bonds is 8. The first kappa shape index (κ1) is 21.1. The normalized spacial score (nSPS) is 19.5. The van der Waals surface area contributed by atoms with E-state index in [2.05, 4.69) is 22.4 Å². The van der Waals surface area contributed by atoms with Gasteiger partial charge in [0, 0.05) is 23.7 Å². The van der Waals surface area contributed by atoms with E-state index in [1.165, 1.54) is 31.0 Å². The van der Waals surface area contributed by atoms with Crippen LogP contribution in [-0.2, 0) is 16.1 Å². The lowest BCUT2D eigenvalue weighted by Gasteiger charge is -2.29. The second-order valence-electron chi connectivity index (χ2n) is 7.18. The van der Waals surface area contributed by atoms with Gasteiger partial charge in [0.2, 0.25) is 5.91 Å². The number of halogens is 1. The summed E-state index contributed by atoms with van der Waals surface area (Å²) in [6.07, 6.45) is 4.72. The standard InChI is InChI=1S/C20H27ClN4O2S/c1-14-5-3-4-6-17(14)22-18(26)13-28-20-24-23-19(25(20)11-12-27-2)15-7-9-16(21)10-8-15/h7-10,14,17H,3-6,11-13H2,1-2H3,(H,22,26)/t14-,17+/m0/s1. The Bertz CT molecular complexity index is 781. The van der Waals surface area contributed by atoms with Crippen molar-refractivity contribution in [3.05, 3.63) is 29.3 Å². The number of amides is 1. The minimum absolute atomic E-state index is 0.0538. The summed E-state index contributed by atoms with van der Waals surface area (Å²) in [5.41, 5.74) is 0.931. The summed E-state index contributed by atoms with van der Waals surface area (Å²) in [4.78, 5) is 12.4. The van der Waals surface area contributed by atoms with Crippen LogP contribution in [0.3, 0.4) is 0 Å². The number of benzene rings is 1. The topological polar surface area (TPSA) is 69.0 Å². The molecule has 6 nitrogen and oxygen atoms in total. The SMILES string of the molecule is COCCn1c(SCC(=O)N[C@@H]2CCCC[C@@H]2C)nnc1-c1ccc(Cl)cc1. The molecule has 1 fully saturated rings. The Morgan fingerprint density at radius 3 is 2.75 bits per heavy atom. The molecule has 2 aromatic rings. The number of methoxy groups -OCH3 is 1. The molecule has 1 aliphatic carbocycles. The molecule has 1 saturated carbocycles. The third-order valence-corrected chi connectivity index (χ3v) is 6.35. The first-order chi connectivity index (χ1) is 13.6. The number of aromatic nitrogens is 3. The summed E-state index contributed by atoms with van der Waals surface area (Å²) in [7, 11) is 1.66. The van der Waals surface area contributed by atoms with E-state index in [0.29, 0.717) is 35.0 Å². The van der Waals surface area contributed by atoms with Gasteiger partial charge in [-0.05, 0) is 43.0 Å². The molecule has 1 N–H and O–H groups in total. The van der Waals surface area contributed by atoms with Crippen LogP contribution in [0.1, 0.15) is 32.6 Å². The van der Waals surface area contributed by atoms with Crippen LogP contribution >= 0.6 is 23.4 Å². The summed E-state index contributed by atoms with van der Waals surface area (Å²) < 4.78 is 7.23. The van der Waals surface area contributed by atoms with Gasteiger partial charge in [0.15, 0.2) is 11.0 Å². The first-order valence-electron chi connectivity index (χ1n) is 9.68. The largest absolute Gasteiger partial charge is 0.383 e. The van der Waals surface area contributed by atoms with E-state index < -0.39 is 0 Å². The van der Waals surface area contributed by atoms with E-state index in [1.807, 2.05) is 28.8 Å². The predicted molar refractivity (Wildman–Crippen MR) is 113 cm³/mol. The highest BCUT2D eigenvalue weighted by Gasteiger charge is 2.23. The lowest BCUT2D eigenvalue weighted by Crippen LogP contribution is -2.41. The molecule has 1 aromatic heterocycles. The van der Waals surface area contributed by atoms with E-state index in [1.54, 1.807) is 7.11 Å². The van der Waals surface area contributed by atoms with Gasteiger partial charge in [-0.15, -0.1) is 10.2 Å². The van der Waals surface area contributed by atoms with Crippen LogP contribution in [0, 0.1) is 5.92 Å². The van der Waals surface area contributed by atoms with Crippen LogP contribution in [-0.4, -0.2) is 46.2 Å². The summed E-state index contributed by atoms with van der Waals surface area (Å²) in [5.74, 6) is 1.68. The van der Waals surface area contributed by atoms with Crippen LogP contribution in [0.2, 0.25) is 5.02 Å². The number of thioether (sulfide) groups is 1. The van der Waals surface area contributed by atoms with Gasteiger partial charge in [-0.1, -0.05) is 43.1 Å². The molecule has 0 saturated heterocycles. The Hall–Kier alpha value is -1.57. The zero-order chi connectivity index (χ0) is 19.9. The molecular formula is C20H27ClN4O2S. The second kappa shape index (κ2) is 10.3. The lowest BCUT2D eigenvalue weighted by atomic mass is 9.86. The third-order valence-electron chi connectivity index (χ3n) is 5.13. The predicted octanol–water partition coefficient (Wildman–Crippen LogP) is 4.03. The fraction of sp³-hybridized carbons (Fsp3) is 0.550. The number of ether oxygens (including phenoxy) is 1. The minimum atomic E-state index is 0.0538. The summed E-state index contributed by atoms with van der Waals surface area (Å²) in [5, 5.41) is 13.2. The van der Waals surface area contributed by atoms with Gasteiger partial charge in [-0.25, -0.2) is 0 Å². The van der Waals surface area contributed by atoms with E-state index in [4.69, 9.17) is 16.3 Å². The Kier molecular flexibility index (Phi) is 7.76. The molecular weight excluding hydrogens is 396 g/mol. The Balaban J connectivity index is 1.67. The van der Waals surface area contributed by atoms with Crippen LogP contribution in [0.15, 0.2) is 29.4 Å². The smallest absolute Gasteiger partial charge is 0.230 e. The van der Waals surface area contributed by atoms with Gasteiger partial charge in [-0.3, -0.25) is 9.36 Å². The summed E-state index contributed by atoms with van der Waals surface area (Å²) in [6.45, 7) is 3.38. The molecule has 0 aliphatic heterocycles. The van der Waals surface area contributed by atoms with Gasteiger partial charge in [-0.2, -0.15) is 0 Å². The van der Waals surface area contributed by atoms with Crippen molar-refractivity contribution in [1.29, 1.82) is 0 Å². The molecule has 0 radical (unpaired) electrons. The maximum atomic E-state index is 12.4. The molecule has 152 valence electrons. The minimum Gasteiger partial charge on any atom is -0.383 e. The van der Waals surface area contributed by atoms with Gasteiger partial charge in [0.25, 0.3) is 0 Å². The van der Waals surface area contributed by atoms with Gasteiger partial charge < -0.3 is 10.1 Å². The molecule has 1 aromatic carbocycles. The molecule has 1 aliphatic rings. The van der Waals surface area contributed by atoms with Crippen molar-refractivity contribution in [3.8, 4) is 11.4 Å². The van der Waals surface area contributed by atoms with E-state index in [9.17, 15) is 4.79 Å². The fourth-order valence-corrected chi connectivity index (χ4v) is 4.40. The molecule has 2 atom stereocenters. The first-order valence-corrected chi connectivity index (χ1v) is 11.0. The van der Waals surface area contributed by atoms with E-state index in [-0.39, 0.29) is 11.9 Å². The van der Waals surface area contributed by atoms with Crippen molar-refractivity contribution in [2.45, 2.75) is 50.4 Å². The highest BCUT2D eigenvalue weighted by Crippen LogP contribution is 2.26. The van der Waals surface area contributed by atoms with E-state index >= 15 is 0 Å². The molecule has 0 bridgehead atoms. The Morgan fingerprint density at radius 2 is 2.04 bits per heavy atom. The maximum absolute atomic E-state index is 12.4. The lowest BCUT2D eigenvalue weighted by molar-refractivity contribution is -0.119. The van der Waals surface area contributed by atoms with Crippen molar-refractivity contribution < 1.29 is 9.53 Å². The quantitative estimate of drug-likeness (QED) is 0.650. The monoisotopic (exact) mass is 422 g/mol. The average molecular weight is 423 g/mol. The Labute approximate surface area is 175 Å². The molecule has 3 rings (SSSR count). The van der Waals surface area contributed by atoms with Crippen LogP contribution in [0.4, 0.5) is 0 Å². The van der Waals surface area contributed by atoms with Crippen LogP contribution in [0.25, 0.3) is 11.4 Å². The number of hydrogen-bond donors (Lipinski definition) is 1. The van der Waals surface area contributed by atoms with Crippen LogP contribution in [0.5, 0.6) is 0 Å². The number of carbonyl (C=O) groups excluding carboxylic acids is 1. The second-order valence-corrected chi connectivity index (χ2v) is 8.56. The molecule has 0 spiro atoms. The van der Waals surface area contributed by atoms with Crippen molar-refractivity contribution in [1.82, 2.24) is 20.1 Å². The number of carbonyl (C=O) groups is 1. The number of nitrogens with one attached hydrogen (secondary N) is 1. The zero-order valence-electron chi connectivity index (χ0n) is 16.4. The van der Waals surface area contributed by atoms with Crippen molar-refractivity contribution in [2.24, 2.45) is 5.92 Å². The summed E-state index contributed by atoms with van der Waals surface area (Å²) >= 11 is 7.40. The third kappa shape index (κ3) is 5.49. The highest BCUT2D eigenvalue weighted by molar-refractivity contribution is 7.99. The molecule has 1 amide bonds. The van der Waals surface area contributed by atoms with Crippen LogP contribution < -0.4 is 5.32 Å². The Morgan fingerprint density at radius 1 is 1.29 bits per heavy atom. The van der Waals surface area contributed by atoms with Gasteiger partial charge in [0.1, 0.15) is 0 Å². The summed E-state index contributed by atoms with van der Waals surface area (Å²) in [6, 6.07) is 7.79. The maximum Gasteiger partial charge on any atom is 0.230 e. The van der Waals surface area contributed by atoms with E-state index in [0.717, 1.165) is 17.8 Å².